The lowest BCUT2D eigenvalue weighted by Crippen LogP contribution is -2.71. The van der Waals surface area contributed by atoms with E-state index in [1.165, 1.54) is 23.8 Å². The van der Waals surface area contributed by atoms with Gasteiger partial charge in [0.25, 0.3) is 11.8 Å². The van der Waals surface area contributed by atoms with Gasteiger partial charge in [-0.1, -0.05) is 5.16 Å². The summed E-state index contributed by atoms with van der Waals surface area (Å²) < 4.78 is 0.572. The van der Waals surface area contributed by atoms with E-state index in [2.05, 4.69) is 21.7 Å². The van der Waals surface area contributed by atoms with Crippen LogP contribution in [0.3, 0.4) is 0 Å². The number of amides is 2. The Morgan fingerprint density at radius 2 is 2.08 bits per heavy atom. The number of carbonyl (C=O) groups excluding carboxylic acids is 2. The van der Waals surface area contributed by atoms with E-state index in [0.29, 0.717) is 28.3 Å². The first-order chi connectivity index (χ1) is 17.9. The second-order valence-corrected chi connectivity index (χ2v) is 12.5. The molecule has 2 saturated heterocycles. The number of hydrogen-bond donors (Lipinski definition) is 4. The molecule has 5 N–H and O–H groups in total. The predicted molar refractivity (Wildman–Crippen MR) is 142 cm³/mol. The summed E-state index contributed by atoms with van der Waals surface area (Å²) in [6, 6.07) is -0.916. The molecule has 0 unspecified atom stereocenters. The first-order valence-corrected chi connectivity index (χ1v) is 14.2. The number of anilines is 1. The highest BCUT2D eigenvalue weighted by atomic mass is 32.2. The molecule has 2 fully saturated rings. The van der Waals surface area contributed by atoms with Crippen LogP contribution < -0.4 is 11.1 Å². The van der Waals surface area contributed by atoms with Gasteiger partial charge in [0.2, 0.25) is 0 Å². The average molecular weight is 564 g/mol. The van der Waals surface area contributed by atoms with Crippen molar-refractivity contribution in [2.45, 2.75) is 43.7 Å². The van der Waals surface area contributed by atoms with Gasteiger partial charge in [-0.2, -0.15) is 0 Å². The maximum absolute atomic E-state index is 13.2. The molecule has 0 radical (unpaired) electrons. The molecule has 204 valence electrons. The lowest BCUT2D eigenvalue weighted by atomic mass is 9.77. The fourth-order valence-electron chi connectivity index (χ4n) is 5.87. The summed E-state index contributed by atoms with van der Waals surface area (Å²) in [5.74, 6) is -1.56. The van der Waals surface area contributed by atoms with Gasteiger partial charge in [-0.25, -0.2) is 9.78 Å². The van der Waals surface area contributed by atoms with Gasteiger partial charge in [0.15, 0.2) is 10.8 Å². The molecule has 2 bridgehead atoms. The van der Waals surface area contributed by atoms with Crippen molar-refractivity contribution >= 4 is 51.7 Å². The number of thioether (sulfide) groups is 1. The number of aliphatic carboxylic acids is 1. The monoisotopic (exact) mass is 563 g/mol. The molecule has 38 heavy (non-hydrogen) atoms. The molecule has 0 aromatic carbocycles. The minimum absolute atomic E-state index is 0.0132. The molecule has 1 aromatic rings. The molecular formula is C24H31N6O6S2+. The summed E-state index contributed by atoms with van der Waals surface area (Å²) in [5.41, 5.74) is 6.51. The van der Waals surface area contributed by atoms with Crippen LogP contribution in [-0.4, -0.2) is 97.6 Å². The summed E-state index contributed by atoms with van der Waals surface area (Å²) in [4.78, 5) is 48.7. The molecule has 12 nitrogen and oxygen atoms in total. The molecule has 5 aliphatic heterocycles. The minimum Gasteiger partial charge on any atom is -0.477 e. The van der Waals surface area contributed by atoms with Crippen molar-refractivity contribution < 1.29 is 33.9 Å². The zero-order chi connectivity index (χ0) is 27.4. The average Bonchev–Trinajstić information content (AvgIpc) is 3.30. The number of nitrogens with one attached hydrogen (secondary N) is 1. The van der Waals surface area contributed by atoms with Crippen LogP contribution in [0, 0.1) is 5.92 Å². The number of nitrogens with two attached hydrogens (primary N) is 1. The van der Waals surface area contributed by atoms with Crippen LogP contribution in [0.4, 0.5) is 5.13 Å². The molecule has 14 heteroatoms. The summed E-state index contributed by atoms with van der Waals surface area (Å²) in [6.07, 6.45) is 3.99. The Morgan fingerprint density at radius 1 is 1.37 bits per heavy atom. The van der Waals surface area contributed by atoms with Gasteiger partial charge in [-0.05, 0) is 19.8 Å². The number of nitrogens with zero attached hydrogens (tertiary/aromatic N) is 4. The zero-order valence-electron chi connectivity index (χ0n) is 21.3. The second-order valence-electron chi connectivity index (χ2n) is 10.6. The molecule has 1 aromatic heterocycles. The Morgan fingerprint density at radius 3 is 2.66 bits per heavy atom. The third-order valence-electron chi connectivity index (χ3n) is 7.61. The lowest BCUT2D eigenvalue weighted by molar-refractivity contribution is -0.886. The molecule has 2 amide bonds. The van der Waals surface area contributed by atoms with E-state index in [9.17, 15) is 24.6 Å². The van der Waals surface area contributed by atoms with Gasteiger partial charge in [0, 0.05) is 35.1 Å². The Bertz CT molecular complexity index is 1270. The highest BCUT2D eigenvalue weighted by molar-refractivity contribution is 8.00. The molecule has 6 heterocycles. The van der Waals surface area contributed by atoms with Crippen LogP contribution in [0.1, 0.15) is 32.4 Å². The quantitative estimate of drug-likeness (QED) is 0.154. The normalized spacial score (nSPS) is 29.0. The molecule has 2 atom stereocenters. The summed E-state index contributed by atoms with van der Waals surface area (Å²) in [6.45, 7) is 5.78. The number of fused-ring (bicyclic) bond motifs is 3. The Balaban J connectivity index is 1.37. The van der Waals surface area contributed by atoms with Crippen LogP contribution in [0.2, 0.25) is 0 Å². The van der Waals surface area contributed by atoms with Crippen molar-refractivity contribution in [3.8, 4) is 0 Å². The van der Waals surface area contributed by atoms with Gasteiger partial charge in [0.1, 0.15) is 36.5 Å². The third kappa shape index (κ3) is 4.59. The van der Waals surface area contributed by atoms with Crippen LogP contribution in [-0.2, 0) is 19.2 Å². The van der Waals surface area contributed by atoms with Crippen molar-refractivity contribution in [2.24, 2.45) is 11.1 Å². The van der Waals surface area contributed by atoms with Crippen LogP contribution in [0.15, 0.2) is 33.6 Å². The SMILES string of the molecule is CO/N=C(\C(=O)N[C@@H]1C(=O)N2C(C(=O)O)=C(C[N+]34C=C(C(C)(C)O)C(CC3)CC4)CS[C@H]12)c1csc(N)n1. The zero-order valence-corrected chi connectivity index (χ0v) is 23.0. The van der Waals surface area contributed by atoms with Crippen molar-refractivity contribution in [1.82, 2.24) is 15.2 Å². The van der Waals surface area contributed by atoms with Gasteiger partial charge in [-0.15, -0.1) is 23.1 Å². The number of nitrogen functional groups attached to an aromatic ring is 1. The smallest absolute Gasteiger partial charge is 0.352 e. The number of quaternary nitrogens is 1. The fourth-order valence-corrected chi connectivity index (χ4v) is 7.75. The van der Waals surface area contributed by atoms with Gasteiger partial charge in [-0.3, -0.25) is 19.0 Å². The van der Waals surface area contributed by atoms with E-state index < -0.39 is 34.8 Å². The van der Waals surface area contributed by atoms with Crippen LogP contribution in [0.25, 0.3) is 0 Å². The number of rotatable bonds is 8. The van der Waals surface area contributed by atoms with Crippen LogP contribution >= 0.6 is 23.1 Å². The number of β-lactam (4-membered cyclic amide) rings is 1. The van der Waals surface area contributed by atoms with E-state index in [-0.39, 0.29) is 22.2 Å². The van der Waals surface area contributed by atoms with E-state index in [1.807, 2.05) is 0 Å². The largest absolute Gasteiger partial charge is 0.477 e. The first kappa shape index (κ1) is 26.7. The Labute approximate surface area is 227 Å². The van der Waals surface area contributed by atoms with Crippen molar-refractivity contribution in [1.29, 1.82) is 0 Å². The number of thiazole rings is 1. The Kier molecular flexibility index (Phi) is 6.78. The number of piperidine rings is 1. The number of carbonyl (C=O) groups is 3. The van der Waals surface area contributed by atoms with Gasteiger partial charge in [0.05, 0.1) is 24.9 Å². The maximum atomic E-state index is 13.2. The number of carboxylic acids is 1. The summed E-state index contributed by atoms with van der Waals surface area (Å²) in [5, 5.41) is 28.5. The van der Waals surface area contributed by atoms with E-state index in [4.69, 9.17) is 10.6 Å². The topological polar surface area (TPSA) is 167 Å². The standard InChI is InChI=1S/C24H30N6O6S2/c1-24(2,35)14-9-30(6-4-12(14)5-7-30)8-13-10-37-21-17(20(32)29(21)18(13)22(33)34)27-19(31)16(28-36-3)15-11-38-23(25)26-15/h9,11-12,17,21,35H,4-8,10H2,1-3H3,(H3-,25,26,27,31,33,34)/p+1/b28-16-/t12?,17-,21-,30?/m1/s1. The van der Waals surface area contributed by atoms with E-state index in [1.54, 1.807) is 19.2 Å². The first-order valence-electron chi connectivity index (χ1n) is 12.3. The number of aliphatic hydroxyl groups is 1. The van der Waals surface area contributed by atoms with E-state index in [0.717, 1.165) is 42.8 Å². The number of oxime groups is 1. The number of aromatic nitrogens is 1. The van der Waals surface area contributed by atoms with Crippen molar-refractivity contribution in [3.05, 3.63) is 34.1 Å². The number of hydrogen-bond acceptors (Lipinski definition) is 10. The maximum Gasteiger partial charge on any atom is 0.352 e. The Hall–Kier alpha value is -2.94. The minimum atomic E-state index is -1.17. The second kappa shape index (κ2) is 9.67. The number of carboxylic acid groups (broad SMARTS) is 1. The molecule has 0 saturated carbocycles. The highest BCUT2D eigenvalue weighted by Gasteiger charge is 2.55. The van der Waals surface area contributed by atoms with Crippen molar-refractivity contribution in [2.75, 3.05) is 38.2 Å². The van der Waals surface area contributed by atoms with Crippen LogP contribution in [0.5, 0.6) is 0 Å². The predicted octanol–water partition coefficient (Wildman–Crippen LogP) is 0.710. The molecule has 5 aliphatic rings. The molecular weight excluding hydrogens is 532 g/mol. The molecule has 0 aliphatic carbocycles. The summed E-state index contributed by atoms with van der Waals surface area (Å²) in [7, 11) is 1.29. The fraction of sp³-hybridized carbons (Fsp3) is 0.542. The van der Waals surface area contributed by atoms with Gasteiger partial charge >= 0.3 is 5.97 Å². The highest BCUT2D eigenvalue weighted by Crippen LogP contribution is 2.45. The summed E-state index contributed by atoms with van der Waals surface area (Å²) >= 11 is 2.56. The molecule has 6 rings (SSSR count). The van der Waals surface area contributed by atoms with Crippen molar-refractivity contribution in [3.63, 3.8) is 0 Å². The lowest BCUT2D eigenvalue weighted by Gasteiger charge is -2.52. The van der Waals surface area contributed by atoms with Gasteiger partial charge < -0.3 is 26.1 Å². The third-order valence-corrected chi connectivity index (χ3v) is 9.62. The van der Waals surface area contributed by atoms with E-state index >= 15 is 0 Å². The molecule has 0 spiro atoms.